The number of carbonyl (C=O) groups excluding carboxylic acids is 2. The predicted octanol–water partition coefficient (Wildman–Crippen LogP) is 0.839. The molecule has 1 aliphatic rings. The van der Waals surface area contributed by atoms with E-state index >= 15 is 0 Å². The first-order chi connectivity index (χ1) is 12.3. The third-order valence-electron chi connectivity index (χ3n) is 5.24. The van der Waals surface area contributed by atoms with Gasteiger partial charge in [0.15, 0.2) is 0 Å². The molecule has 2 atom stereocenters. The van der Waals surface area contributed by atoms with Gasteiger partial charge in [-0.05, 0) is 25.7 Å². The Hall–Kier alpha value is -2.09. The Kier molecular flexibility index (Phi) is 7.02. The molecule has 0 saturated heterocycles. The number of carbonyl (C=O) groups is 2. The summed E-state index contributed by atoms with van der Waals surface area (Å²) >= 11 is 0. The molecule has 0 aromatic carbocycles. The number of H-pyrrole nitrogens is 1. The van der Waals surface area contributed by atoms with Crippen LogP contribution >= 0.6 is 0 Å². The molecule has 146 valence electrons. The van der Waals surface area contributed by atoms with Crippen molar-refractivity contribution in [1.82, 2.24) is 19.4 Å². The van der Waals surface area contributed by atoms with E-state index in [1.807, 2.05) is 7.05 Å². The van der Waals surface area contributed by atoms with E-state index in [9.17, 15) is 14.4 Å². The lowest BCUT2D eigenvalue weighted by atomic mass is 9.86. The van der Waals surface area contributed by atoms with Gasteiger partial charge in [-0.15, -0.1) is 0 Å². The average molecular weight is 366 g/mol. The molecule has 1 N–H and O–H groups in total. The standard InChI is InChI=1S/C18H30N4O4/c1-20(16(23)13-7-5-8-14(11-13)26-4)9-6-10-21(2)17(24)15-12-19-18(25)22(15)3/h12-14H,5-11H2,1-4H3,(H,19,25). The third kappa shape index (κ3) is 4.75. The van der Waals surface area contributed by atoms with Crippen molar-refractivity contribution in [2.45, 2.75) is 38.2 Å². The minimum atomic E-state index is -0.311. The van der Waals surface area contributed by atoms with E-state index in [0.717, 1.165) is 25.7 Å². The summed E-state index contributed by atoms with van der Waals surface area (Å²) in [5, 5.41) is 0. The normalized spacial score (nSPS) is 20.0. The second kappa shape index (κ2) is 9.02. The van der Waals surface area contributed by atoms with Gasteiger partial charge in [0.2, 0.25) is 5.91 Å². The highest BCUT2D eigenvalue weighted by Crippen LogP contribution is 2.27. The molecule has 1 saturated carbocycles. The Labute approximate surface area is 154 Å². The second-order valence-electron chi connectivity index (χ2n) is 7.10. The number of rotatable bonds is 7. The van der Waals surface area contributed by atoms with E-state index in [1.165, 1.54) is 10.8 Å². The molecule has 0 spiro atoms. The number of hydrogen-bond donors (Lipinski definition) is 1. The monoisotopic (exact) mass is 366 g/mol. The number of nitrogens with zero attached hydrogens (tertiary/aromatic N) is 3. The topological polar surface area (TPSA) is 87.6 Å². The van der Waals surface area contributed by atoms with Crippen molar-refractivity contribution in [3.8, 4) is 0 Å². The fourth-order valence-electron chi connectivity index (χ4n) is 3.49. The highest BCUT2D eigenvalue weighted by molar-refractivity contribution is 5.92. The van der Waals surface area contributed by atoms with Crippen LogP contribution in [-0.2, 0) is 16.6 Å². The zero-order chi connectivity index (χ0) is 19.3. The van der Waals surface area contributed by atoms with Crippen molar-refractivity contribution in [2.75, 3.05) is 34.3 Å². The summed E-state index contributed by atoms with van der Waals surface area (Å²) in [5.41, 5.74) is 0.0173. The maximum atomic E-state index is 12.6. The molecule has 2 unspecified atom stereocenters. The maximum absolute atomic E-state index is 12.6. The van der Waals surface area contributed by atoms with Crippen LogP contribution in [0.4, 0.5) is 0 Å². The van der Waals surface area contributed by atoms with Crippen LogP contribution in [0.25, 0.3) is 0 Å². The summed E-state index contributed by atoms with van der Waals surface area (Å²) in [7, 11) is 6.78. The van der Waals surface area contributed by atoms with Gasteiger partial charge in [0.05, 0.1) is 6.10 Å². The number of aromatic nitrogens is 2. The second-order valence-corrected chi connectivity index (χ2v) is 7.10. The van der Waals surface area contributed by atoms with E-state index in [1.54, 1.807) is 31.0 Å². The Balaban J connectivity index is 1.79. The molecule has 8 nitrogen and oxygen atoms in total. The maximum Gasteiger partial charge on any atom is 0.325 e. The number of aromatic amines is 1. The molecule has 2 rings (SSSR count). The van der Waals surface area contributed by atoms with E-state index in [2.05, 4.69) is 4.98 Å². The van der Waals surface area contributed by atoms with Crippen molar-refractivity contribution < 1.29 is 14.3 Å². The summed E-state index contributed by atoms with van der Waals surface area (Å²) in [6.45, 7) is 1.11. The molecule has 1 aromatic heterocycles. The molecular weight excluding hydrogens is 336 g/mol. The molecule has 26 heavy (non-hydrogen) atoms. The zero-order valence-electron chi connectivity index (χ0n) is 16.2. The number of nitrogens with one attached hydrogen (secondary N) is 1. The number of methoxy groups -OCH3 is 1. The van der Waals surface area contributed by atoms with Crippen LogP contribution in [0, 0.1) is 5.92 Å². The van der Waals surface area contributed by atoms with Gasteiger partial charge in [0.1, 0.15) is 5.69 Å². The van der Waals surface area contributed by atoms with Gasteiger partial charge < -0.3 is 19.5 Å². The van der Waals surface area contributed by atoms with Crippen LogP contribution in [0.1, 0.15) is 42.6 Å². The van der Waals surface area contributed by atoms with Gasteiger partial charge in [-0.3, -0.25) is 14.2 Å². The first kappa shape index (κ1) is 20.2. The first-order valence-electron chi connectivity index (χ1n) is 9.12. The molecule has 1 aliphatic carbocycles. The SMILES string of the molecule is COC1CCCC(C(=O)N(C)CCCN(C)C(=O)c2c[nH]c(=O)n2C)C1. The van der Waals surface area contributed by atoms with Crippen LogP contribution in [-0.4, -0.2) is 71.6 Å². The Morgan fingerprint density at radius 3 is 2.58 bits per heavy atom. The van der Waals surface area contributed by atoms with Gasteiger partial charge in [0.25, 0.3) is 5.91 Å². The quantitative estimate of drug-likeness (QED) is 0.775. The summed E-state index contributed by atoms with van der Waals surface area (Å²) in [4.78, 5) is 42.2. The molecule has 1 fully saturated rings. The van der Waals surface area contributed by atoms with E-state index in [-0.39, 0.29) is 29.5 Å². The van der Waals surface area contributed by atoms with Crippen LogP contribution in [0.2, 0.25) is 0 Å². The smallest absolute Gasteiger partial charge is 0.325 e. The molecule has 8 heteroatoms. The fourth-order valence-corrected chi connectivity index (χ4v) is 3.49. The van der Waals surface area contributed by atoms with Crippen LogP contribution < -0.4 is 5.69 Å². The van der Waals surface area contributed by atoms with Crippen molar-refractivity contribution in [3.63, 3.8) is 0 Å². The summed E-state index contributed by atoms with van der Waals surface area (Å²) in [6.07, 6.45) is 6.05. The highest BCUT2D eigenvalue weighted by Gasteiger charge is 2.29. The third-order valence-corrected chi connectivity index (χ3v) is 5.24. The van der Waals surface area contributed by atoms with Gasteiger partial charge in [-0.25, -0.2) is 4.79 Å². The molecule has 1 heterocycles. The Morgan fingerprint density at radius 2 is 1.96 bits per heavy atom. The first-order valence-corrected chi connectivity index (χ1v) is 9.12. The van der Waals surface area contributed by atoms with E-state index < -0.39 is 0 Å². The lowest BCUT2D eigenvalue weighted by Crippen LogP contribution is -2.38. The summed E-state index contributed by atoms with van der Waals surface area (Å²) in [6, 6.07) is 0. The minimum absolute atomic E-state index is 0.0347. The van der Waals surface area contributed by atoms with Crippen LogP contribution in [0.15, 0.2) is 11.0 Å². The van der Waals surface area contributed by atoms with Gasteiger partial charge in [0, 0.05) is 53.5 Å². The van der Waals surface area contributed by atoms with Crippen molar-refractivity contribution >= 4 is 11.8 Å². The lowest BCUT2D eigenvalue weighted by Gasteiger charge is -2.30. The molecule has 0 aliphatic heterocycles. The molecular formula is C18H30N4O4. The van der Waals surface area contributed by atoms with Gasteiger partial charge in [-0.2, -0.15) is 0 Å². The Morgan fingerprint density at radius 1 is 1.27 bits per heavy atom. The van der Waals surface area contributed by atoms with Crippen molar-refractivity contribution in [2.24, 2.45) is 13.0 Å². The molecule has 1 aromatic rings. The predicted molar refractivity (Wildman–Crippen MR) is 98.0 cm³/mol. The Bertz CT molecular complexity index is 681. The van der Waals surface area contributed by atoms with Crippen molar-refractivity contribution in [3.05, 3.63) is 22.4 Å². The molecule has 2 amide bonds. The number of ether oxygens (including phenoxy) is 1. The fraction of sp³-hybridized carbons (Fsp3) is 0.722. The highest BCUT2D eigenvalue weighted by atomic mass is 16.5. The van der Waals surface area contributed by atoms with E-state index in [4.69, 9.17) is 4.74 Å². The summed E-state index contributed by atoms with van der Waals surface area (Å²) in [5.74, 6) is -0.0174. The zero-order valence-corrected chi connectivity index (χ0v) is 16.2. The number of hydrogen-bond acceptors (Lipinski definition) is 4. The average Bonchev–Trinajstić information content (AvgIpc) is 2.99. The van der Waals surface area contributed by atoms with Crippen LogP contribution in [0.5, 0.6) is 0 Å². The lowest BCUT2D eigenvalue weighted by molar-refractivity contribution is -0.136. The van der Waals surface area contributed by atoms with Gasteiger partial charge in [-0.1, -0.05) is 6.42 Å². The number of amides is 2. The summed E-state index contributed by atoms with van der Waals surface area (Å²) < 4.78 is 6.70. The van der Waals surface area contributed by atoms with Gasteiger partial charge >= 0.3 is 5.69 Å². The van der Waals surface area contributed by atoms with Crippen LogP contribution in [0.3, 0.4) is 0 Å². The number of imidazole rings is 1. The van der Waals surface area contributed by atoms with E-state index in [0.29, 0.717) is 25.2 Å². The molecule has 0 bridgehead atoms. The molecule has 0 radical (unpaired) electrons. The minimum Gasteiger partial charge on any atom is -0.381 e. The largest absolute Gasteiger partial charge is 0.381 e. The van der Waals surface area contributed by atoms with Crippen molar-refractivity contribution in [1.29, 1.82) is 0 Å².